The van der Waals surface area contributed by atoms with Gasteiger partial charge in [-0.3, -0.25) is 4.79 Å². The number of hydrogen-bond donors (Lipinski definition) is 1. The molecule has 1 atom stereocenters. The van der Waals surface area contributed by atoms with Crippen LogP contribution in [0.5, 0.6) is 5.75 Å². The van der Waals surface area contributed by atoms with Crippen LogP contribution in [0.25, 0.3) is 11.3 Å². The standard InChI is InChI=1S/C25H28N4O2/c1-17-6-7-18(2)23(15-17)26-25(30)20-5-4-14-29(16-20)24-13-12-22(27-28-24)19-8-10-21(31-3)11-9-19/h6-13,15,20H,4-5,14,16H2,1-3H3,(H,26,30). The van der Waals surface area contributed by atoms with Crippen LogP contribution in [0.15, 0.2) is 54.6 Å². The van der Waals surface area contributed by atoms with E-state index in [-0.39, 0.29) is 11.8 Å². The second-order valence-corrected chi connectivity index (χ2v) is 8.10. The number of methoxy groups -OCH3 is 1. The molecule has 1 saturated heterocycles. The highest BCUT2D eigenvalue weighted by Crippen LogP contribution is 2.26. The summed E-state index contributed by atoms with van der Waals surface area (Å²) in [6, 6.07) is 17.8. The molecule has 3 aromatic rings. The molecule has 0 bridgehead atoms. The molecule has 2 aromatic carbocycles. The number of carbonyl (C=O) groups excluding carboxylic acids is 1. The molecule has 0 saturated carbocycles. The maximum Gasteiger partial charge on any atom is 0.229 e. The van der Waals surface area contributed by atoms with E-state index in [9.17, 15) is 4.79 Å². The summed E-state index contributed by atoms with van der Waals surface area (Å²) in [5.74, 6) is 1.62. The van der Waals surface area contributed by atoms with Crippen molar-refractivity contribution in [1.29, 1.82) is 0 Å². The van der Waals surface area contributed by atoms with Crippen LogP contribution >= 0.6 is 0 Å². The fraction of sp³-hybridized carbons (Fsp3) is 0.320. The zero-order chi connectivity index (χ0) is 21.8. The van der Waals surface area contributed by atoms with Gasteiger partial charge in [-0.15, -0.1) is 10.2 Å². The fourth-order valence-corrected chi connectivity index (χ4v) is 3.91. The third kappa shape index (κ3) is 4.85. The highest BCUT2D eigenvalue weighted by Gasteiger charge is 2.27. The number of ether oxygens (including phenoxy) is 1. The average Bonchev–Trinajstić information content (AvgIpc) is 2.81. The zero-order valence-electron chi connectivity index (χ0n) is 18.3. The van der Waals surface area contributed by atoms with Crippen molar-refractivity contribution in [3.8, 4) is 17.0 Å². The predicted molar refractivity (Wildman–Crippen MR) is 124 cm³/mol. The van der Waals surface area contributed by atoms with Crippen LogP contribution in [0, 0.1) is 19.8 Å². The van der Waals surface area contributed by atoms with E-state index in [1.54, 1.807) is 7.11 Å². The van der Waals surface area contributed by atoms with Gasteiger partial charge in [-0.05, 0) is 80.3 Å². The number of nitrogens with one attached hydrogen (secondary N) is 1. The summed E-state index contributed by atoms with van der Waals surface area (Å²) in [6.45, 7) is 5.57. The number of anilines is 2. The molecule has 2 heterocycles. The third-order valence-corrected chi connectivity index (χ3v) is 5.80. The van der Waals surface area contributed by atoms with Crippen LogP contribution in [0.1, 0.15) is 24.0 Å². The van der Waals surface area contributed by atoms with Crippen LogP contribution in [0.2, 0.25) is 0 Å². The first-order chi connectivity index (χ1) is 15.0. The smallest absolute Gasteiger partial charge is 0.229 e. The van der Waals surface area contributed by atoms with Crippen molar-refractivity contribution in [2.24, 2.45) is 5.92 Å². The number of benzene rings is 2. The Bertz CT molecular complexity index is 1050. The highest BCUT2D eigenvalue weighted by atomic mass is 16.5. The molecule has 1 aromatic heterocycles. The van der Waals surface area contributed by atoms with Gasteiger partial charge in [0.1, 0.15) is 5.75 Å². The highest BCUT2D eigenvalue weighted by molar-refractivity contribution is 5.93. The van der Waals surface area contributed by atoms with Gasteiger partial charge >= 0.3 is 0 Å². The van der Waals surface area contributed by atoms with E-state index < -0.39 is 0 Å². The molecule has 1 fully saturated rings. The van der Waals surface area contributed by atoms with Crippen LogP contribution in [0.4, 0.5) is 11.5 Å². The summed E-state index contributed by atoms with van der Waals surface area (Å²) >= 11 is 0. The molecule has 0 radical (unpaired) electrons. The molecule has 1 aliphatic heterocycles. The minimum atomic E-state index is -0.0725. The van der Waals surface area contributed by atoms with Crippen molar-refractivity contribution in [2.45, 2.75) is 26.7 Å². The van der Waals surface area contributed by atoms with Crippen LogP contribution in [0.3, 0.4) is 0 Å². The van der Waals surface area contributed by atoms with E-state index in [0.717, 1.165) is 59.0 Å². The van der Waals surface area contributed by atoms with E-state index >= 15 is 0 Å². The lowest BCUT2D eigenvalue weighted by Gasteiger charge is -2.32. The molecule has 1 N–H and O–H groups in total. The Balaban J connectivity index is 1.43. The van der Waals surface area contributed by atoms with Crippen LogP contribution in [-0.2, 0) is 4.79 Å². The van der Waals surface area contributed by atoms with Gasteiger partial charge in [-0.25, -0.2) is 0 Å². The zero-order valence-corrected chi connectivity index (χ0v) is 18.3. The van der Waals surface area contributed by atoms with E-state index in [2.05, 4.69) is 26.5 Å². The molecule has 1 aliphatic rings. The lowest BCUT2D eigenvalue weighted by atomic mass is 9.96. The van der Waals surface area contributed by atoms with Crippen molar-refractivity contribution in [3.05, 3.63) is 65.7 Å². The van der Waals surface area contributed by atoms with E-state index in [1.807, 2.05) is 62.4 Å². The number of rotatable bonds is 5. The second-order valence-electron chi connectivity index (χ2n) is 8.10. The third-order valence-electron chi connectivity index (χ3n) is 5.80. The van der Waals surface area contributed by atoms with Gasteiger partial charge in [0.05, 0.1) is 18.7 Å². The maximum atomic E-state index is 12.9. The van der Waals surface area contributed by atoms with Crippen LogP contribution < -0.4 is 15.0 Å². The van der Waals surface area contributed by atoms with Gasteiger partial charge in [-0.1, -0.05) is 12.1 Å². The Kier molecular flexibility index (Phi) is 6.16. The minimum absolute atomic E-state index is 0.0706. The van der Waals surface area contributed by atoms with E-state index in [1.165, 1.54) is 0 Å². The predicted octanol–water partition coefficient (Wildman–Crippen LogP) is 4.62. The summed E-state index contributed by atoms with van der Waals surface area (Å²) in [5.41, 5.74) is 4.91. The SMILES string of the molecule is COc1ccc(-c2ccc(N3CCCC(C(=O)Nc4cc(C)ccc4C)C3)nn2)cc1. The topological polar surface area (TPSA) is 67.3 Å². The number of carbonyl (C=O) groups is 1. The maximum absolute atomic E-state index is 12.9. The molecule has 160 valence electrons. The second kappa shape index (κ2) is 9.16. The Morgan fingerprint density at radius 2 is 1.87 bits per heavy atom. The molecule has 1 amide bonds. The molecule has 4 rings (SSSR count). The number of piperidine rings is 1. The van der Waals surface area contributed by atoms with Crippen molar-refractivity contribution < 1.29 is 9.53 Å². The van der Waals surface area contributed by atoms with E-state index in [0.29, 0.717) is 6.54 Å². The van der Waals surface area contributed by atoms with Crippen molar-refractivity contribution in [3.63, 3.8) is 0 Å². The van der Waals surface area contributed by atoms with Gasteiger partial charge in [0.15, 0.2) is 5.82 Å². The van der Waals surface area contributed by atoms with E-state index in [4.69, 9.17) is 4.74 Å². The summed E-state index contributed by atoms with van der Waals surface area (Å²) in [4.78, 5) is 15.1. The van der Waals surface area contributed by atoms with Crippen molar-refractivity contribution in [2.75, 3.05) is 30.4 Å². The first-order valence-electron chi connectivity index (χ1n) is 10.6. The number of nitrogens with zero attached hydrogens (tertiary/aromatic N) is 3. The van der Waals surface area contributed by atoms with Crippen molar-refractivity contribution in [1.82, 2.24) is 10.2 Å². The lowest BCUT2D eigenvalue weighted by Crippen LogP contribution is -2.41. The Morgan fingerprint density at radius 1 is 1.06 bits per heavy atom. The number of aromatic nitrogens is 2. The largest absolute Gasteiger partial charge is 0.497 e. The van der Waals surface area contributed by atoms with Crippen LogP contribution in [-0.4, -0.2) is 36.3 Å². The normalized spacial score (nSPS) is 16.1. The summed E-state index contributed by atoms with van der Waals surface area (Å²) in [7, 11) is 1.65. The molecule has 0 aliphatic carbocycles. The molecule has 6 heteroatoms. The molecule has 1 unspecified atom stereocenters. The Morgan fingerprint density at radius 3 is 2.58 bits per heavy atom. The first kappa shape index (κ1) is 20.8. The van der Waals surface area contributed by atoms with Gasteiger partial charge in [-0.2, -0.15) is 0 Å². The Labute approximate surface area is 183 Å². The molecule has 31 heavy (non-hydrogen) atoms. The van der Waals surface area contributed by atoms with Gasteiger partial charge in [0, 0.05) is 24.3 Å². The van der Waals surface area contributed by atoms with Gasteiger partial charge < -0.3 is 15.0 Å². The summed E-state index contributed by atoms with van der Waals surface area (Å²) in [6.07, 6.45) is 1.83. The first-order valence-corrected chi connectivity index (χ1v) is 10.6. The van der Waals surface area contributed by atoms with Crippen molar-refractivity contribution >= 4 is 17.4 Å². The molecular formula is C25H28N4O2. The number of hydrogen-bond acceptors (Lipinski definition) is 5. The molecule has 0 spiro atoms. The summed E-state index contributed by atoms with van der Waals surface area (Å²) in [5, 5.41) is 12.0. The monoisotopic (exact) mass is 416 g/mol. The minimum Gasteiger partial charge on any atom is -0.497 e. The molecule has 6 nitrogen and oxygen atoms in total. The average molecular weight is 417 g/mol. The Hall–Kier alpha value is -3.41. The summed E-state index contributed by atoms with van der Waals surface area (Å²) < 4.78 is 5.21. The fourth-order valence-electron chi connectivity index (χ4n) is 3.91. The van der Waals surface area contributed by atoms with Gasteiger partial charge in [0.2, 0.25) is 5.91 Å². The lowest BCUT2D eigenvalue weighted by molar-refractivity contribution is -0.120. The molecular weight excluding hydrogens is 388 g/mol. The number of aryl methyl sites for hydroxylation is 2. The number of amides is 1. The van der Waals surface area contributed by atoms with Gasteiger partial charge in [0.25, 0.3) is 0 Å². The quantitative estimate of drug-likeness (QED) is 0.657.